The minimum atomic E-state index is -0.449. The molecule has 1 aromatic carbocycles. The van der Waals surface area contributed by atoms with E-state index in [0.717, 1.165) is 17.0 Å². The molecule has 0 bridgehead atoms. The van der Waals surface area contributed by atoms with Crippen molar-refractivity contribution in [3.63, 3.8) is 0 Å². The fraction of sp³-hybridized carbons (Fsp3) is 0.550. The van der Waals surface area contributed by atoms with E-state index in [1.807, 2.05) is 52.0 Å². The van der Waals surface area contributed by atoms with Crippen LogP contribution in [0.5, 0.6) is 0 Å². The molecule has 25 heavy (non-hydrogen) atoms. The lowest BCUT2D eigenvalue weighted by molar-refractivity contribution is -0.125. The van der Waals surface area contributed by atoms with E-state index >= 15 is 0 Å². The quantitative estimate of drug-likeness (QED) is 0.913. The predicted octanol–water partition coefficient (Wildman–Crippen LogP) is 3.17. The average Bonchev–Trinajstić information content (AvgIpc) is 2.57. The Bertz CT molecular complexity index is 686. The molecule has 5 heteroatoms. The largest absolute Gasteiger partial charge is 0.350 e. The summed E-state index contributed by atoms with van der Waals surface area (Å²) in [5.74, 6) is 0.0672. The van der Waals surface area contributed by atoms with Gasteiger partial charge < -0.3 is 10.2 Å². The molecule has 1 N–H and O–H groups in total. The van der Waals surface area contributed by atoms with Crippen molar-refractivity contribution in [2.24, 2.45) is 10.9 Å². The number of fused-ring (bicyclic) bond motifs is 1. The molecule has 1 atom stereocenters. The Morgan fingerprint density at radius 2 is 1.92 bits per heavy atom. The first kappa shape index (κ1) is 19.2. The smallest absolute Gasteiger partial charge is 0.252 e. The fourth-order valence-electron chi connectivity index (χ4n) is 3.04. The number of amides is 2. The molecular weight excluding hydrogens is 314 g/mol. The second kappa shape index (κ2) is 7.38. The number of nitrogens with zero attached hydrogens (tertiary/aromatic N) is 2. The number of carbonyl (C=O) groups excluding carboxylic acids is 2. The Morgan fingerprint density at radius 3 is 2.52 bits per heavy atom. The van der Waals surface area contributed by atoms with Gasteiger partial charge in [0.1, 0.15) is 12.6 Å². The van der Waals surface area contributed by atoms with Crippen LogP contribution >= 0.6 is 0 Å². The van der Waals surface area contributed by atoms with Crippen LogP contribution in [-0.4, -0.2) is 35.7 Å². The van der Waals surface area contributed by atoms with Crippen molar-refractivity contribution in [2.45, 2.75) is 59.5 Å². The van der Waals surface area contributed by atoms with Crippen LogP contribution in [0.2, 0.25) is 0 Å². The molecule has 5 nitrogen and oxygen atoms in total. The van der Waals surface area contributed by atoms with Crippen LogP contribution in [0.4, 0.5) is 5.69 Å². The van der Waals surface area contributed by atoms with E-state index in [-0.39, 0.29) is 23.9 Å². The van der Waals surface area contributed by atoms with Gasteiger partial charge in [-0.1, -0.05) is 32.0 Å². The Morgan fingerprint density at radius 1 is 1.28 bits per heavy atom. The lowest BCUT2D eigenvalue weighted by atomic mass is 10.0. The molecule has 1 heterocycles. The van der Waals surface area contributed by atoms with Crippen molar-refractivity contribution in [3.05, 3.63) is 29.8 Å². The van der Waals surface area contributed by atoms with Crippen molar-refractivity contribution in [2.75, 3.05) is 11.4 Å². The van der Waals surface area contributed by atoms with E-state index in [2.05, 4.69) is 24.2 Å². The first-order chi connectivity index (χ1) is 11.6. The molecule has 0 radical (unpaired) electrons. The topological polar surface area (TPSA) is 61.8 Å². The Kier molecular flexibility index (Phi) is 5.65. The van der Waals surface area contributed by atoms with Gasteiger partial charge in [-0.3, -0.25) is 14.6 Å². The van der Waals surface area contributed by atoms with Gasteiger partial charge in [-0.2, -0.15) is 0 Å². The van der Waals surface area contributed by atoms with E-state index in [4.69, 9.17) is 0 Å². The first-order valence-corrected chi connectivity index (χ1v) is 8.84. The molecule has 1 aromatic rings. The Balaban J connectivity index is 2.39. The molecule has 0 fully saturated rings. The van der Waals surface area contributed by atoms with E-state index in [1.165, 1.54) is 0 Å². The van der Waals surface area contributed by atoms with E-state index in [9.17, 15) is 9.59 Å². The van der Waals surface area contributed by atoms with E-state index in [1.54, 1.807) is 4.90 Å². The fourth-order valence-corrected chi connectivity index (χ4v) is 3.04. The standard InChI is InChI=1S/C20H29N3O2/c1-13(2)11-16-19(25)23(12-18(24)22-20(4,5)6)17-10-8-7-9-15(17)14(3)21-16/h7-10,13,16H,11-12H2,1-6H3,(H,22,24)/t16-/m0/s1. The van der Waals surface area contributed by atoms with E-state index in [0.29, 0.717) is 12.3 Å². The molecule has 0 spiro atoms. The van der Waals surface area contributed by atoms with Crippen LogP contribution in [0.25, 0.3) is 0 Å². The summed E-state index contributed by atoms with van der Waals surface area (Å²) >= 11 is 0. The Labute approximate surface area is 150 Å². The zero-order chi connectivity index (χ0) is 18.8. The summed E-state index contributed by atoms with van der Waals surface area (Å²) in [6.07, 6.45) is 0.668. The summed E-state index contributed by atoms with van der Waals surface area (Å²) in [5, 5.41) is 2.93. The zero-order valence-electron chi connectivity index (χ0n) is 16.1. The number of hydrogen-bond donors (Lipinski definition) is 1. The number of nitrogens with one attached hydrogen (secondary N) is 1. The molecule has 0 aromatic heterocycles. The van der Waals surface area contributed by atoms with Gasteiger partial charge in [-0.05, 0) is 46.1 Å². The second-order valence-electron chi connectivity index (χ2n) is 8.10. The third-order valence-corrected chi connectivity index (χ3v) is 4.00. The summed E-state index contributed by atoms with van der Waals surface area (Å²) in [6.45, 7) is 11.9. The predicted molar refractivity (Wildman–Crippen MR) is 102 cm³/mol. The average molecular weight is 343 g/mol. The Hall–Kier alpha value is -2.17. The molecule has 0 saturated heterocycles. The van der Waals surface area contributed by atoms with E-state index < -0.39 is 6.04 Å². The van der Waals surface area contributed by atoms with Gasteiger partial charge in [0, 0.05) is 16.8 Å². The number of carbonyl (C=O) groups is 2. The SMILES string of the molecule is CC1=N[C@@H](CC(C)C)C(=O)N(CC(=O)NC(C)(C)C)c2ccccc21. The summed E-state index contributed by atoms with van der Waals surface area (Å²) < 4.78 is 0. The number of aliphatic imine (C=N–C) groups is 1. The summed E-state index contributed by atoms with van der Waals surface area (Å²) in [5.41, 5.74) is 2.16. The van der Waals surface area contributed by atoms with Crippen LogP contribution in [0.3, 0.4) is 0 Å². The number of benzodiazepines with no additional fused rings is 1. The van der Waals surface area contributed by atoms with Crippen LogP contribution < -0.4 is 10.2 Å². The molecule has 136 valence electrons. The minimum Gasteiger partial charge on any atom is -0.350 e. The molecule has 0 aliphatic carbocycles. The highest BCUT2D eigenvalue weighted by atomic mass is 16.2. The maximum Gasteiger partial charge on any atom is 0.252 e. The van der Waals surface area contributed by atoms with Crippen LogP contribution in [0.1, 0.15) is 53.5 Å². The van der Waals surface area contributed by atoms with Gasteiger partial charge in [-0.25, -0.2) is 0 Å². The molecule has 1 aliphatic heterocycles. The van der Waals surface area contributed by atoms with Gasteiger partial charge in [0.2, 0.25) is 5.91 Å². The van der Waals surface area contributed by atoms with Crippen LogP contribution in [0.15, 0.2) is 29.3 Å². The third kappa shape index (κ3) is 4.91. The zero-order valence-corrected chi connectivity index (χ0v) is 16.1. The first-order valence-electron chi connectivity index (χ1n) is 8.84. The highest BCUT2D eigenvalue weighted by molar-refractivity contribution is 6.13. The highest BCUT2D eigenvalue weighted by Crippen LogP contribution is 2.27. The van der Waals surface area contributed by atoms with Crippen molar-refractivity contribution in [3.8, 4) is 0 Å². The van der Waals surface area contributed by atoms with Gasteiger partial charge in [0.25, 0.3) is 5.91 Å². The number of benzene rings is 1. The lowest BCUT2D eigenvalue weighted by Crippen LogP contribution is -2.49. The molecule has 0 saturated carbocycles. The summed E-state index contributed by atoms with van der Waals surface area (Å²) in [6, 6.07) is 7.20. The van der Waals surface area contributed by atoms with Crippen LogP contribution in [0, 0.1) is 5.92 Å². The normalized spacial score (nSPS) is 17.9. The second-order valence-corrected chi connectivity index (χ2v) is 8.10. The molecule has 2 amide bonds. The van der Waals surface area contributed by atoms with Gasteiger partial charge in [0.15, 0.2) is 0 Å². The van der Waals surface area contributed by atoms with Crippen molar-refractivity contribution in [1.29, 1.82) is 0 Å². The van der Waals surface area contributed by atoms with Crippen molar-refractivity contribution >= 4 is 23.2 Å². The van der Waals surface area contributed by atoms with Crippen LogP contribution in [-0.2, 0) is 9.59 Å². The number of hydrogen-bond acceptors (Lipinski definition) is 3. The lowest BCUT2D eigenvalue weighted by Gasteiger charge is -2.27. The molecule has 2 rings (SSSR count). The summed E-state index contributed by atoms with van der Waals surface area (Å²) in [4.78, 5) is 31.8. The van der Waals surface area contributed by atoms with Gasteiger partial charge in [0.05, 0.1) is 5.69 Å². The van der Waals surface area contributed by atoms with Crippen molar-refractivity contribution in [1.82, 2.24) is 5.32 Å². The highest BCUT2D eigenvalue weighted by Gasteiger charge is 2.32. The minimum absolute atomic E-state index is 0.00448. The third-order valence-electron chi connectivity index (χ3n) is 4.00. The number of para-hydroxylation sites is 1. The monoisotopic (exact) mass is 343 g/mol. The van der Waals surface area contributed by atoms with Gasteiger partial charge >= 0.3 is 0 Å². The van der Waals surface area contributed by atoms with Gasteiger partial charge in [-0.15, -0.1) is 0 Å². The number of rotatable bonds is 4. The molecular formula is C20H29N3O2. The molecule has 1 aliphatic rings. The summed E-state index contributed by atoms with van der Waals surface area (Å²) in [7, 11) is 0. The number of anilines is 1. The maximum atomic E-state index is 13.1. The molecule has 0 unspecified atom stereocenters. The van der Waals surface area contributed by atoms with Crippen molar-refractivity contribution < 1.29 is 9.59 Å². The maximum absolute atomic E-state index is 13.1.